The molecular formula is C22H23N7O2. The average Bonchev–Trinajstić information content (AvgIpc) is 3.44. The molecule has 31 heavy (non-hydrogen) atoms. The summed E-state index contributed by atoms with van der Waals surface area (Å²) in [7, 11) is 0. The lowest BCUT2D eigenvalue weighted by Crippen LogP contribution is -2.12. The number of pyridine rings is 2. The van der Waals surface area contributed by atoms with E-state index in [0.717, 1.165) is 52.4 Å². The number of hydrogen-bond donors (Lipinski definition) is 2. The maximum atomic E-state index is 9.15. The highest BCUT2D eigenvalue weighted by Crippen LogP contribution is 2.33. The topological polar surface area (TPSA) is 111 Å². The van der Waals surface area contributed by atoms with Crippen LogP contribution in [0.4, 0.5) is 5.82 Å². The van der Waals surface area contributed by atoms with Crippen LogP contribution in [0.5, 0.6) is 5.75 Å². The number of rotatable bonds is 7. The van der Waals surface area contributed by atoms with Crippen LogP contribution in [0.15, 0.2) is 43.2 Å². The summed E-state index contributed by atoms with van der Waals surface area (Å²) in [6, 6.07) is 3.91. The van der Waals surface area contributed by atoms with E-state index in [-0.39, 0.29) is 12.5 Å². The molecule has 1 atom stereocenters. The molecule has 1 unspecified atom stereocenters. The Labute approximate surface area is 179 Å². The zero-order valence-electron chi connectivity index (χ0n) is 17.2. The van der Waals surface area contributed by atoms with E-state index in [2.05, 4.69) is 37.3 Å². The summed E-state index contributed by atoms with van der Waals surface area (Å²) in [4.78, 5) is 17.6. The highest BCUT2D eigenvalue weighted by molar-refractivity contribution is 5.80. The van der Waals surface area contributed by atoms with Gasteiger partial charge in [-0.3, -0.25) is 4.98 Å². The predicted molar refractivity (Wildman–Crippen MR) is 116 cm³/mol. The molecule has 0 bridgehead atoms. The fraction of sp³-hybridized carbons (Fsp3) is 0.318. The number of aliphatic hydroxyl groups is 1. The van der Waals surface area contributed by atoms with E-state index >= 15 is 0 Å². The van der Waals surface area contributed by atoms with Crippen molar-refractivity contribution < 1.29 is 9.84 Å². The Hall–Kier alpha value is -3.59. The van der Waals surface area contributed by atoms with Gasteiger partial charge >= 0.3 is 0 Å². The van der Waals surface area contributed by atoms with Crippen molar-refractivity contribution in [2.75, 3.05) is 25.1 Å². The van der Waals surface area contributed by atoms with E-state index in [1.54, 1.807) is 23.4 Å². The highest BCUT2D eigenvalue weighted by Gasteiger charge is 2.20. The van der Waals surface area contributed by atoms with E-state index in [9.17, 15) is 0 Å². The normalized spacial score (nSPS) is 13.7. The Bertz CT molecular complexity index is 1220. The molecule has 2 N–H and O–H groups in total. The first-order valence-corrected chi connectivity index (χ1v) is 10.3. The van der Waals surface area contributed by atoms with Crippen LogP contribution in [-0.4, -0.2) is 54.6 Å². The van der Waals surface area contributed by atoms with Gasteiger partial charge in [0.05, 0.1) is 31.6 Å². The number of aliphatic hydroxyl groups excluding tert-OH is 1. The molecule has 0 aliphatic carbocycles. The van der Waals surface area contributed by atoms with Crippen LogP contribution in [-0.2, 0) is 13.0 Å². The van der Waals surface area contributed by atoms with Gasteiger partial charge in [0.15, 0.2) is 5.65 Å². The zero-order chi connectivity index (χ0) is 21.2. The number of hydrogen-bond acceptors (Lipinski definition) is 8. The van der Waals surface area contributed by atoms with Gasteiger partial charge in [-0.1, -0.05) is 6.92 Å². The minimum absolute atomic E-state index is 0.0214. The van der Waals surface area contributed by atoms with E-state index in [1.165, 1.54) is 5.56 Å². The molecule has 5 heterocycles. The summed E-state index contributed by atoms with van der Waals surface area (Å²) < 4.78 is 7.50. The first-order valence-electron chi connectivity index (χ1n) is 10.3. The number of nitrogens with zero attached hydrogens (tertiary/aromatic N) is 6. The second-order valence-electron chi connectivity index (χ2n) is 7.61. The van der Waals surface area contributed by atoms with E-state index in [1.807, 2.05) is 24.5 Å². The number of fused-ring (bicyclic) bond motifs is 2. The van der Waals surface area contributed by atoms with Crippen LogP contribution in [0.1, 0.15) is 24.0 Å². The summed E-state index contributed by atoms with van der Waals surface area (Å²) >= 11 is 0. The Balaban J connectivity index is 1.33. The SMILES string of the molecule is CC(CNc1cc(-c2cnc3c(cnn3CCO)c2)ncn1)c1cncc2c1OCC2. The first kappa shape index (κ1) is 19.4. The van der Waals surface area contributed by atoms with E-state index < -0.39 is 0 Å². The van der Waals surface area contributed by atoms with E-state index in [0.29, 0.717) is 13.1 Å². The fourth-order valence-corrected chi connectivity index (χ4v) is 3.83. The van der Waals surface area contributed by atoms with Gasteiger partial charge in [0, 0.05) is 65.6 Å². The number of aromatic nitrogens is 6. The van der Waals surface area contributed by atoms with Crippen molar-refractivity contribution in [3.05, 3.63) is 54.4 Å². The highest BCUT2D eigenvalue weighted by atomic mass is 16.5. The number of nitrogens with one attached hydrogen (secondary N) is 1. The third-order valence-electron chi connectivity index (χ3n) is 5.49. The van der Waals surface area contributed by atoms with Crippen LogP contribution in [0, 0.1) is 0 Å². The standard InChI is InChI=1S/C22H23N7O2/c1-14(18-12-23-9-15-2-5-31-21(15)18)8-24-20-7-19(26-13-27-20)16-6-17-11-28-29(3-4-30)22(17)25-10-16/h6-7,9-14,30H,2-5,8H2,1H3,(H,24,26,27). The summed E-state index contributed by atoms with van der Waals surface area (Å²) in [5.74, 6) is 1.94. The van der Waals surface area contributed by atoms with Gasteiger partial charge in [-0.15, -0.1) is 0 Å². The second-order valence-corrected chi connectivity index (χ2v) is 7.61. The molecular weight excluding hydrogens is 394 g/mol. The maximum Gasteiger partial charge on any atom is 0.157 e. The van der Waals surface area contributed by atoms with Crippen molar-refractivity contribution in [1.82, 2.24) is 29.7 Å². The van der Waals surface area contributed by atoms with Crippen LogP contribution >= 0.6 is 0 Å². The Kier molecular flexibility index (Phi) is 5.17. The molecule has 0 spiro atoms. The van der Waals surface area contributed by atoms with Gasteiger partial charge in [0.1, 0.15) is 17.9 Å². The summed E-state index contributed by atoms with van der Waals surface area (Å²) in [5.41, 5.74) is 4.70. The third-order valence-corrected chi connectivity index (χ3v) is 5.49. The summed E-state index contributed by atoms with van der Waals surface area (Å²) in [5, 5.41) is 17.7. The third kappa shape index (κ3) is 3.79. The molecule has 9 nitrogen and oxygen atoms in total. The van der Waals surface area contributed by atoms with Crippen LogP contribution in [0.25, 0.3) is 22.3 Å². The largest absolute Gasteiger partial charge is 0.493 e. The smallest absolute Gasteiger partial charge is 0.157 e. The van der Waals surface area contributed by atoms with Crippen molar-refractivity contribution in [3.63, 3.8) is 0 Å². The Morgan fingerprint density at radius 3 is 3.00 bits per heavy atom. The molecule has 0 amide bonds. The zero-order valence-corrected chi connectivity index (χ0v) is 17.2. The Morgan fingerprint density at radius 2 is 2.10 bits per heavy atom. The van der Waals surface area contributed by atoms with Gasteiger partial charge < -0.3 is 15.2 Å². The number of ether oxygens (including phenoxy) is 1. The summed E-state index contributed by atoms with van der Waals surface area (Å²) in [6.45, 7) is 4.01. The minimum Gasteiger partial charge on any atom is -0.493 e. The average molecular weight is 417 g/mol. The van der Waals surface area contributed by atoms with Crippen LogP contribution in [0.3, 0.4) is 0 Å². The molecule has 0 saturated carbocycles. The van der Waals surface area contributed by atoms with Gasteiger partial charge in [-0.05, 0) is 6.07 Å². The first-order chi connectivity index (χ1) is 15.2. The lowest BCUT2D eigenvalue weighted by Gasteiger charge is -2.16. The molecule has 158 valence electrons. The van der Waals surface area contributed by atoms with Crippen molar-refractivity contribution in [3.8, 4) is 17.0 Å². The Morgan fingerprint density at radius 1 is 1.16 bits per heavy atom. The van der Waals surface area contributed by atoms with Gasteiger partial charge in [-0.25, -0.2) is 19.6 Å². The van der Waals surface area contributed by atoms with Crippen molar-refractivity contribution >= 4 is 16.9 Å². The molecule has 1 aliphatic heterocycles. The molecule has 4 aromatic heterocycles. The fourth-order valence-electron chi connectivity index (χ4n) is 3.83. The van der Waals surface area contributed by atoms with Crippen molar-refractivity contribution in [2.24, 2.45) is 0 Å². The molecule has 1 aliphatic rings. The van der Waals surface area contributed by atoms with Gasteiger partial charge in [0.25, 0.3) is 0 Å². The molecule has 9 heteroatoms. The lowest BCUT2D eigenvalue weighted by atomic mass is 10.00. The molecule has 5 rings (SSSR count). The maximum absolute atomic E-state index is 9.15. The monoisotopic (exact) mass is 417 g/mol. The van der Waals surface area contributed by atoms with Gasteiger partial charge in [-0.2, -0.15) is 5.10 Å². The number of anilines is 1. The van der Waals surface area contributed by atoms with Crippen LogP contribution in [0.2, 0.25) is 0 Å². The van der Waals surface area contributed by atoms with Crippen LogP contribution < -0.4 is 10.1 Å². The van der Waals surface area contributed by atoms with E-state index in [4.69, 9.17) is 9.84 Å². The van der Waals surface area contributed by atoms with Crippen molar-refractivity contribution in [2.45, 2.75) is 25.8 Å². The van der Waals surface area contributed by atoms with Gasteiger partial charge in [0.2, 0.25) is 0 Å². The minimum atomic E-state index is 0.0214. The molecule has 0 saturated heterocycles. The molecule has 0 aromatic carbocycles. The quantitative estimate of drug-likeness (QED) is 0.472. The molecule has 0 radical (unpaired) electrons. The molecule has 4 aromatic rings. The lowest BCUT2D eigenvalue weighted by molar-refractivity contribution is 0.271. The molecule has 0 fully saturated rings. The van der Waals surface area contributed by atoms with Crippen molar-refractivity contribution in [1.29, 1.82) is 0 Å². The second kappa shape index (κ2) is 8.27. The summed E-state index contributed by atoms with van der Waals surface area (Å²) in [6.07, 6.45) is 9.76. The predicted octanol–water partition coefficient (Wildman–Crippen LogP) is 2.43.